The summed E-state index contributed by atoms with van der Waals surface area (Å²) in [4.78, 5) is 12.4. The van der Waals surface area contributed by atoms with Gasteiger partial charge in [-0.3, -0.25) is 0 Å². The summed E-state index contributed by atoms with van der Waals surface area (Å²) in [6.07, 6.45) is 3.89. The van der Waals surface area contributed by atoms with Crippen molar-refractivity contribution < 1.29 is 9.90 Å². The highest BCUT2D eigenvalue weighted by Crippen LogP contribution is 2.28. The second-order valence-electron chi connectivity index (χ2n) is 2.82. The zero-order valence-corrected chi connectivity index (χ0v) is 6.87. The number of aliphatic carboxylic acids is 1. The molecule has 0 radical (unpaired) electrons. The Morgan fingerprint density at radius 3 is 2.45 bits per heavy atom. The maximum Gasteiger partial charge on any atom is 0.351 e. The maximum atomic E-state index is 10.6. The monoisotopic (exact) mass is 155 g/mol. The van der Waals surface area contributed by atoms with Gasteiger partial charge in [-0.05, 0) is 19.8 Å². The molecule has 0 spiro atoms. The molecule has 0 amide bonds. The molecule has 0 bridgehead atoms. The van der Waals surface area contributed by atoms with Gasteiger partial charge in [0, 0.05) is 13.1 Å². The van der Waals surface area contributed by atoms with E-state index in [9.17, 15) is 4.79 Å². The van der Waals surface area contributed by atoms with Gasteiger partial charge in [0.15, 0.2) is 0 Å². The number of carbonyl (C=O) groups is 1. The van der Waals surface area contributed by atoms with E-state index in [1.54, 1.807) is 13.0 Å². The number of hydrogen-bond donors (Lipinski definition) is 1. The van der Waals surface area contributed by atoms with Crippen LogP contribution in [-0.4, -0.2) is 29.1 Å². The molecular weight excluding hydrogens is 142 g/mol. The minimum atomic E-state index is -0.832. The van der Waals surface area contributed by atoms with Crippen LogP contribution in [0.15, 0.2) is 11.8 Å². The fraction of sp³-hybridized carbons (Fsp3) is 0.625. The van der Waals surface area contributed by atoms with E-state index in [4.69, 9.17) is 5.11 Å². The van der Waals surface area contributed by atoms with Gasteiger partial charge in [-0.2, -0.15) is 0 Å². The normalized spacial score (nSPS) is 18.2. The lowest BCUT2D eigenvalue weighted by molar-refractivity contribution is -0.134. The molecule has 0 atom stereocenters. The van der Waals surface area contributed by atoms with Crippen LogP contribution >= 0.6 is 0 Å². The Labute approximate surface area is 66.3 Å². The lowest BCUT2D eigenvalue weighted by atomic mass is 10.3. The molecule has 3 heteroatoms. The van der Waals surface area contributed by atoms with Crippen LogP contribution in [-0.2, 0) is 4.79 Å². The van der Waals surface area contributed by atoms with Crippen molar-refractivity contribution in [3.63, 3.8) is 0 Å². The second kappa shape index (κ2) is 2.95. The second-order valence-corrected chi connectivity index (χ2v) is 2.82. The number of nitrogens with zero attached hydrogens (tertiary/aromatic N) is 1. The third-order valence-corrected chi connectivity index (χ3v) is 1.97. The van der Waals surface area contributed by atoms with Gasteiger partial charge in [0.05, 0.1) is 0 Å². The standard InChI is InChI=1S/C8H13NO2/c1-3-7(8(10)11)9(2)6-4-5-6/h3,6H,4-5H2,1-2H3,(H,10,11). The Morgan fingerprint density at radius 1 is 1.64 bits per heavy atom. The van der Waals surface area contributed by atoms with Gasteiger partial charge in [0.1, 0.15) is 5.70 Å². The Hall–Kier alpha value is -0.990. The summed E-state index contributed by atoms with van der Waals surface area (Å²) < 4.78 is 0. The maximum absolute atomic E-state index is 10.6. The van der Waals surface area contributed by atoms with Crippen molar-refractivity contribution in [1.29, 1.82) is 0 Å². The van der Waals surface area contributed by atoms with E-state index >= 15 is 0 Å². The van der Waals surface area contributed by atoms with Gasteiger partial charge in [0.2, 0.25) is 0 Å². The summed E-state index contributed by atoms with van der Waals surface area (Å²) in [7, 11) is 1.83. The first-order valence-electron chi connectivity index (χ1n) is 3.79. The van der Waals surface area contributed by atoms with E-state index in [2.05, 4.69) is 0 Å². The van der Waals surface area contributed by atoms with Crippen molar-refractivity contribution in [3.05, 3.63) is 11.8 Å². The third kappa shape index (κ3) is 1.73. The van der Waals surface area contributed by atoms with Gasteiger partial charge >= 0.3 is 5.97 Å². The van der Waals surface area contributed by atoms with Crippen molar-refractivity contribution in [1.82, 2.24) is 4.90 Å². The number of hydrogen-bond acceptors (Lipinski definition) is 2. The molecule has 1 rings (SSSR count). The predicted molar refractivity (Wildman–Crippen MR) is 42.2 cm³/mol. The van der Waals surface area contributed by atoms with Crippen LogP contribution in [0.2, 0.25) is 0 Å². The number of likely N-dealkylation sites (N-methyl/N-ethyl adjacent to an activating group) is 1. The summed E-state index contributed by atoms with van der Waals surface area (Å²) in [5, 5.41) is 8.71. The summed E-state index contributed by atoms with van der Waals surface area (Å²) >= 11 is 0. The van der Waals surface area contributed by atoms with Gasteiger partial charge in [-0.25, -0.2) is 4.79 Å². The quantitative estimate of drug-likeness (QED) is 0.620. The molecule has 0 aromatic heterocycles. The fourth-order valence-electron chi connectivity index (χ4n) is 1.14. The molecule has 1 aliphatic rings. The topological polar surface area (TPSA) is 40.5 Å². The molecule has 0 unspecified atom stereocenters. The molecule has 1 aliphatic carbocycles. The molecule has 11 heavy (non-hydrogen) atoms. The zero-order valence-electron chi connectivity index (χ0n) is 6.87. The average Bonchev–Trinajstić information content (AvgIpc) is 2.68. The van der Waals surface area contributed by atoms with Crippen molar-refractivity contribution in [2.75, 3.05) is 7.05 Å². The Bertz CT molecular complexity index is 194. The van der Waals surface area contributed by atoms with Crippen LogP contribution in [0.4, 0.5) is 0 Å². The molecular formula is C8H13NO2. The molecule has 0 aromatic carbocycles. The van der Waals surface area contributed by atoms with Crippen LogP contribution in [0.25, 0.3) is 0 Å². The van der Waals surface area contributed by atoms with Crippen molar-refractivity contribution in [2.45, 2.75) is 25.8 Å². The van der Waals surface area contributed by atoms with E-state index in [1.807, 2.05) is 11.9 Å². The molecule has 62 valence electrons. The SMILES string of the molecule is CC=C(C(=O)O)N(C)C1CC1. The minimum Gasteiger partial charge on any atom is -0.477 e. The van der Waals surface area contributed by atoms with E-state index in [0.717, 1.165) is 12.8 Å². The smallest absolute Gasteiger partial charge is 0.351 e. The van der Waals surface area contributed by atoms with Crippen LogP contribution in [0, 0.1) is 0 Å². The van der Waals surface area contributed by atoms with Crippen molar-refractivity contribution in [3.8, 4) is 0 Å². The molecule has 0 aromatic rings. The highest BCUT2D eigenvalue weighted by molar-refractivity contribution is 5.85. The van der Waals surface area contributed by atoms with E-state index < -0.39 is 5.97 Å². The zero-order chi connectivity index (χ0) is 8.43. The van der Waals surface area contributed by atoms with Gasteiger partial charge in [0.25, 0.3) is 0 Å². The molecule has 3 nitrogen and oxygen atoms in total. The first-order chi connectivity index (χ1) is 5.16. The average molecular weight is 155 g/mol. The van der Waals surface area contributed by atoms with Gasteiger partial charge in [-0.15, -0.1) is 0 Å². The van der Waals surface area contributed by atoms with Crippen LogP contribution in [0.3, 0.4) is 0 Å². The first kappa shape index (κ1) is 8.11. The Kier molecular flexibility index (Phi) is 2.17. The van der Waals surface area contributed by atoms with E-state index in [0.29, 0.717) is 11.7 Å². The summed E-state index contributed by atoms with van der Waals surface area (Å²) in [5.74, 6) is -0.832. The molecule has 0 aliphatic heterocycles. The molecule has 0 heterocycles. The summed E-state index contributed by atoms with van der Waals surface area (Å²) in [5.41, 5.74) is 0.410. The van der Waals surface area contributed by atoms with Crippen LogP contribution in [0.1, 0.15) is 19.8 Å². The summed E-state index contributed by atoms with van der Waals surface area (Å²) in [6.45, 7) is 1.75. The van der Waals surface area contributed by atoms with Gasteiger partial charge in [-0.1, -0.05) is 6.08 Å². The minimum absolute atomic E-state index is 0.410. The van der Waals surface area contributed by atoms with Crippen molar-refractivity contribution in [2.24, 2.45) is 0 Å². The van der Waals surface area contributed by atoms with Crippen LogP contribution in [0.5, 0.6) is 0 Å². The predicted octanol–water partition coefficient (Wildman–Crippen LogP) is 1.07. The molecule has 1 N–H and O–H groups in total. The lowest BCUT2D eigenvalue weighted by Gasteiger charge is -2.18. The number of allylic oxidation sites excluding steroid dienone is 1. The van der Waals surface area contributed by atoms with Crippen molar-refractivity contribution >= 4 is 5.97 Å². The molecule has 1 saturated carbocycles. The van der Waals surface area contributed by atoms with E-state index in [-0.39, 0.29) is 0 Å². The third-order valence-electron chi connectivity index (χ3n) is 1.97. The molecule has 0 saturated heterocycles. The number of carboxylic acid groups (broad SMARTS) is 1. The summed E-state index contributed by atoms with van der Waals surface area (Å²) in [6, 6.07) is 0.470. The Morgan fingerprint density at radius 2 is 2.18 bits per heavy atom. The Balaban J connectivity index is 2.61. The number of carboxylic acids is 1. The van der Waals surface area contributed by atoms with Crippen LogP contribution < -0.4 is 0 Å². The first-order valence-corrected chi connectivity index (χ1v) is 3.79. The highest BCUT2D eigenvalue weighted by atomic mass is 16.4. The van der Waals surface area contributed by atoms with Gasteiger partial charge < -0.3 is 10.0 Å². The number of rotatable bonds is 3. The van der Waals surface area contributed by atoms with E-state index in [1.165, 1.54) is 0 Å². The largest absolute Gasteiger partial charge is 0.477 e. The molecule has 1 fully saturated rings. The highest BCUT2D eigenvalue weighted by Gasteiger charge is 2.29. The lowest BCUT2D eigenvalue weighted by Crippen LogP contribution is -2.25. The fourth-order valence-corrected chi connectivity index (χ4v) is 1.14.